The molecule has 0 unspecified atom stereocenters. The Morgan fingerprint density at radius 2 is 0.683 bits per heavy atom. The Hall–Kier alpha value is -1.08. The monoisotopic (exact) mass is 920 g/mol. The molecule has 0 aromatic heterocycles. The highest BCUT2D eigenvalue weighted by Gasteiger charge is 2.60. The first-order chi connectivity index (χ1) is 30.2. The molecule has 9 aliphatic rings. The van der Waals surface area contributed by atoms with Gasteiger partial charge in [-0.15, -0.1) is 0 Å². The molecule has 0 aromatic rings. The quantitative estimate of drug-likeness (QED) is 0.0816. The van der Waals surface area contributed by atoms with E-state index in [4.69, 9.17) is 66.3 Å². The Kier molecular flexibility index (Phi) is 14.3. The number of hydrogen-bond donors (Lipinski definition) is 13. The molecule has 0 radical (unpaired) electrons. The van der Waals surface area contributed by atoms with Gasteiger partial charge in [0.05, 0.1) is 46.2 Å². The fourth-order valence-corrected chi connectivity index (χ4v) is 9.57. The normalized spacial score (nSPS) is 56.8. The smallest absolute Gasteiger partial charge is 0.187 e. The average Bonchev–Trinajstić information content (AvgIpc) is 3.86. The first-order valence-corrected chi connectivity index (χ1v) is 20.9. The molecular weight excluding hydrogens is 864 g/mol. The standard InChI is InChI=1S/C36H56O27/c37-1-9-15(41)24(8(40)4-50-9)59-35-22(48)30-25(13(57-35)6-52-30)60-34-21(47)29(17(43)11(3-39)55-34)63-36-23(49)31-26(14(58-36)7-53-31)61-33-20(46)28(16(42)10(2-38)54-33)62-32-19(45)27-18(44)12(56-32)5-51-27/h8-49H,1-7H2/t8-,9+,10+,11+,12-,13-,14-,15-,16-,17-,18+,19-,20+,21+,22-,23-,24+,25+,26+,27+,28-,29-,30-,31-,32-,33-,34-,35-,36+/m1/s1. The predicted octanol–water partition coefficient (Wildman–Crippen LogP) is -10.3. The van der Waals surface area contributed by atoms with Gasteiger partial charge in [-0.25, -0.2) is 0 Å². The summed E-state index contributed by atoms with van der Waals surface area (Å²) in [6.45, 7) is -2.74. The van der Waals surface area contributed by atoms with Gasteiger partial charge in [0.25, 0.3) is 0 Å². The lowest BCUT2D eigenvalue weighted by Crippen LogP contribution is -2.66. The van der Waals surface area contributed by atoms with Crippen molar-refractivity contribution in [1.82, 2.24) is 0 Å². The Labute approximate surface area is 356 Å². The number of ether oxygens (including phenoxy) is 14. The predicted molar refractivity (Wildman–Crippen MR) is 188 cm³/mol. The lowest BCUT2D eigenvalue weighted by Gasteiger charge is -2.48. The minimum atomic E-state index is -1.85. The molecule has 9 heterocycles. The van der Waals surface area contributed by atoms with E-state index in [1.807, 2.05) is 0 Å². The molecular formula is C36H56O27. The van der Waals surface area contributed by atoms with Gasteiger partial charge in [0.1, 0.15) is 146 Å². The van der Waals surface area contributed by atoms with Crippen LogP contribution in [0.15, 0.2) is 0 Å². The Balaban J connectivity index is 0.830. The summed E-state index contributed by atoms with van der Waals surface area (Å²) in [7, 11) is 0. The highest BCUT2D eigenvalue weighted by Crippen LogP contribution is 2.40. The molecule has 13 N–H and O–H groups in total. The molecule has 9 rings (SSSR count). The largest absolute Gasteiger partial charge is 0.394 e. The number of fused-ring (bicyclic) bond motifs is 6. The third-order valence-electron chi connectivity index (χ3n) is 13.1. The first kappa shape index (κ1) is 47.0. The Morgan fingerprint density at radius 3 is 1.16 bits per heavy atom. The van der Waals surface area contributed by atoms with Crippen molar-refractivity contribution >= 4 is 0 Å². The van der Waals surface area contributed by atoms with Gasteiger partial charge in [-0.05, 0) is 0 Å². The van der Waals surface area contributed by atoms with Crippen LogP contribution in [0.3, 0.4) is 0 Å². The Bertz CT molecular complexity index is 1520. The van der Waals surface area contributed by atoms with E-state index in [1.54, 1.807) is 0 Å². The average molecular weight is 921 g/mol. The van der Waals surface area contributed by atoms with Gasteiger partial charge in [-0.2, -0.15) is 0 Å². The SMILES string of the molecule is OC[C@@H]1O[C@H](O[C@@H]2[C@@H]3OC[C@H]2O[C@@H](O[C@H]2[C@H](O)[C@@H](O[C@@H]4[C@@H]5OC[C@H]4O[C@H](O[C@@H]4[C@H](O)[C@H](CO)OC[C@H]4O)[C@@H]5O)O[C@@H](CO)[C@H]2O)[C@@H]3O)[C@@H](O)[C@H](O[C@H]2O[C@@H]3CO[C@@H]([C@H]3O)[C@H]2O)[C@@H]1O. The molecule has 0 amide bonds. The number of rotatable bonds is 13. The minimum absolute atomic E-state index is 0.0340. The Morgan fingerprint density at radius 1 is 0.317 bits per heavy atom. The van der Waals surface area contributed by atoms with E-state index in [-0.39, 0.29) is 26.4 Å². The molecule has 29 atom stereocenters. The second-order valence-electron chi connectivity index (χ2n) is 17.0. The van der Waals surface area contributed by atoms with Gasteiger partial charge in [0.15, 0.2) is 31.5 Å². The molecule has 0 aromatic carbocycles. The van der Waals surface area contributed by atoms with Gasteiger partial charge in [0.2, 0.25) is 0 Å². The van der Waals surface area contributed by atoms with Gasteiger partial charge < -0.3 is 133 Å². The van der Waals surface area contributed by atoms with E-state index < -0.39 is 198 Å². The summed E-state index contributed by atoms with van der Waals surface area (Å²) in [5.74, 6) is 0. The fraction of sp³-hybridized carbons (Fsp3) is 1.00. The summed E-state index contributed by atoms with van der Waals surface area (Å²) in [4.78, 5) is 0. The van der Waals surface area contributed by atoms with E-state index in [9.17, 15) is 66.4 Å². The molecule has 0 saturated carbocycles. The van der Waals surface area contributed by atoms with Crippen molar-refractivity contribution in [2.24, 2.45) is 0 Å². The summed E-state index contributed by atoms with van der Waals surface area (Å²) < 4.78 is 80.5. The summed E-state index contributed by atoms with van der Waals surface area (Å²) in [6.07, 6.45) is -40.7. The van der Waals surface area contributed by atoms with Crippen LogP contribution in [-0.4, -0.2) is 291 Å². The van der Waals surface area contributed by atoms with Crippen molar-refractivity contribution in [2.45, 2.75) is 178 Å². The minimum Gasteiger partial charge on any atom is -0.394 e. The van der Waals surface area contributed by atoms with E-state index >= 15 is 0 Å². The second kappa shape index (κ2) is 19.1. The van der Waals surface area contributed by atoms with Crippen LogP contribution in [0.5, 0.6) is 0 Å². The van der Waals surface area contributed by atoms with Crippen LogP contribution in [0.4, 0.5) is 0 Å². The summed E-state index contributed by atoms with van der Waals surface area (Å²) in [5.41, 5.74) is 0. The zero-order valence-electron chi connectivity index (χ0n) is 33.2. The van der Waals surface area contributed by atoms with Crippen LogP contribution in [-0.2, 0) is 66.3 Å². The highest BCUT2D eigenvalue weighted by atomic mass is 16.8. The van der Waals surface area contributed by atoms with Crippen LogP contribution < -0.4 is 0 Å². The summed E-state index contributed by atoms with van der Waals surface area (Å²) >= 11 is 0. The van der Waals surface area contributed by atoms with Crippen LogP contribution in [0.2, 0.25) is 0 Å². The molecule has 63 heavy (non-hydrogen) atoms. The first-order valence-electron chi connectivity index (χ1n) is 20.9. The molecule has 9 fully saturated rings. The van der Waals surface area contributed by atoms with Crippen molar-refractivity contribution in [2.75, 3.05) is 46.2 Å². The third kappa shape index (κ3) is 8.59. The zero-order valence-corrected chi connectivity index (χ0v) is 33.2. The lowest BCUT2D eigenvalue weighted by atomic mass is 9.96. The molecule has 0 spiro atoms. The van der Waals surface area contributed by atoms with Gasteiger partial charge in [-0.3, -0.25) is 0 Å². The molecule has 6 bridgehead atoms. The maximum atomic E-state index is 11.5. The third-order valence-corrected chi connectivity index (χ3v) is 13.1. The van der Waals surface area contributed by atoms with E-state index in [0.717, 1.165) is 0 Å². The molecule has 0 aliphatic carbocycles. The number of aliphatic hydroxyl groups is 13. The van der Waals surface area contributed by atoms with Gasteiger partial charge >= 0.3 is 0 Å². The van der Waals surface area contributed by atoms with Crippen molar-refractivity contribution in [3.05, 3.63) is 0 Å². The maximum absolute atomic E-state index is 11.5. The van der Waals surface area contributed by atoms with Crippen LogP contribution in [0.25, 0.3) is 0 Å². The molecule has 27 heteroatoms. The number of aliphatic hydroxyl groups excluding tert-OH is 13. The van der Waals surface area contributed by atoms with Crippen LogP contribution in [0.1, 0.15) is 0 Å². The molecule has 362 valence electrons. The van der Waals surface area contributed by atoms with Crippen LogP contribution >= 0.6 is 0 Å². The number of hydrogen-bond acceptors (Lipinski definition) is 27. The molecule has 9 aliphatic heterocycles. The fourth-order valence-electron chi connectivity index (χ4n) is 9.57. The zero-order chi connectivity index (χ0) is 44.6. The van der Waals surface area contributed by atoms with Gasteiger partial charge in [0, 0.05) is 0 Å². The van der Waals surface area contributed by atoms with Crippen molar-refractivity contribution in [1.29, 1.82) is 0 Å². The van der Waals surface area contributed by atoms with E-state index in [2.05, 4.69) is 0 Å². The molecule has 27 nitrogen and oxygen atoms in total. The maximum Gasteiger partial charge on any atom is 0.187 e. The lowest BCUT2D eigenvalue weighted by molar-refractivity contribution is -0.379. The second-order valence-corrected chi connectivity index (χ2v) is 17.0. The van der Waals surface area contributed by atoms with Crippen molar-refractivity contribution in [3.8, 4) is 0 Å². The van der Waals surface area contributed by atoms with Crippen molar-refractivity contribution in [3.63, 3.8) is 0 Å². The van der Waals surface area contributed by atoms with Crippen LogP contribution in [0, 0.1) is 0 Å². The summed E-state index contributed by atoms with van der Waals surface area (Å²) in [6, 6.07) is 0. The van der Waals surface area contributed by atoms with Gasteiger partial charge in [-0.1, -0.05) is 0 Å². The topological polar surface area (TPSA) is 392 Å². The molecule has 9 saturated heterocycles. The summed E-state index contributed by atoms with van der Waals surface area (Å²) in [5, 5.41) is 139. The van der Waals surface area contributed by atoms with E-state index in [1.165, 1.54) is 0 Å². The highest BCUT2D eigenvalue weighted by molar-refractivity contribution is 5.03. The van der Waals surface area contributed by atoms with Crippen molar-refractivity contribution < 1.29 is 133 Å². The van der Waals surface area contributed by atoms with E-state index in [0.29, 0.717) is 0 Å².